The van der Waals surface area contributed by atoms with Crippen molar-refractivity contribution in [3.63, 3.8) is 0 Å². The number of nitrogens with two attached hydrogens (primary N) is 1. The Morgan fingerprint density at radius 3 is 2.14 bits per heavy atom. The van der Waals surface area contributed by atoms with Crippen LogP contribution in [0.5, 0.6) is 0 Å². The number of pyridine rings is 1. The van der Waals surface area contributed by atoms with Crippen molar-refractivity contribution in [2.45, 2.75) is 12.6 Å². The fourth-order valence-electron chi connectivity index (χ4n) is 3.07. The number of methoxy groups -OCH3 is 1. The number of anilines is 2. The van der Waals surface area contributed by atoms with Crippen molar-refractivity contribution < 1.29 is 27.5 Å². The molecule has 0 radical (unpaired) electrons. The first-order valence-corrected chi connectivity index (χ1v) is 10.3. The van der Waals surface area contributed by atoms with Crippen LogP contribution >= 0.6 is 0 Å². The van der Waals surface area contributed by atoms with Gasteiger partial charge in [0, 0.05) is 43.5 Å². The highest BCUT2D eigenvalue weighted by Crippen LogP contribution is 2.32. The van der Waals surface area contributed by atoms with Gasteiger partial charge in [0.25, 0.3) is 0 Å². The number of benzene rings is 2. The summed E-state index contributed by atoms with van der Waals surface area (Å²) in [5, 5.41) is 3.94. The molecule has 0 bridgehead atoms. The molecule has 0 aliphatic carbocycles. The molecule has 4 aromatic rings. The largest absolute Gasteiger partial charge is 0.416 e. The summed E-state index contributed by atoms with van der Waals surface area (Å²) in [5.74, 6) is 0. The summed E-state index contributed by atoms with van der Waals surface area (Å²) < 4.78 is 42.3. The number of carbonyl (C=O) groups is 2. The minimum Gasteiger partial charge on any atom is -0.388 e. The van der Waals surface area contributed by atoms with Gasteiger partial charge in [0.2, 0.25) is 6.41 Å². The van der Waals surface area contributed by atoms with Crippen LogP contribution in [0.4, 0.5) is 24.5 Å². The Hall–Kier alpha value is -4.18. The van der Waals surface area contributed by atoms with Crippen LogP contribution < -0.4 is 11.1 Å². The Bertz CT molecular complexity index is 1220. The van der Waals surface area contributed by atoms with Crippen molar-refractivity contribution in [2.24, 2.45) is 5.73 Å². The molecule has 2 aromatic carbocycles. The summed E-state index contributed by atoms with van der Waals surface area (Å²) >= 11 is 0. The molecule has 0 fully saturated rings. The maximum Gasteiger partial charge on any atom is 0.416 e. The lowest BCUT2D eigenvalue weighted by molar-refractivity contribution is -0.137. The molecule has 1 amide bonds. The molecule has 4 N–H and O–H groups in total. The molecule has 0 saturated heterocycles. The second-order valence-electron chi connectivity index (χ2n) is 7.11. The maximum absolute atomic E-state index is 12.7. The van der Waals surface area contributed by atoms with Gasteiger partial charge in [0.15, 0.2) is 0 Å². The average molecular weight is 486 g/mol. The van der Waals surface area contributed by atoms with Crippen LogP contribution in [-0.4, -0.2) is 36.9 Å². The predicted molar refractivity (Wildman–Crippen MR) is 129 cm³/mol. The minimum atomic E-state index is -4.36. The first-order valence-electron chi connectivity index (χ1n) is 10.3. The van der Waals surface area contributed by atoms with Crippen LogP contribution in [-0.2, 0) is 26.9 Å². The third-order valence-corrected chi connectivity index (χ3v) is 4.60. The number of primary amides is 1. The maximum atomic E-state index is 12.7. The van der Waals surface area contributed by atoms with Crippen LogP contribution in [0.1, 0.15) is 11.1 Å². The number of nitrogens with zero attached hydrogens (tertiary/aromatic N) is 1. The average Bonchev–Trinajstić information content (AvgIpc) is 3.22. The predicted octanol–water partition coefficient (Wildman–Crippen LogP) is 5.10. The molecule has 4 rings (SSSR count). The third kappa shape index (κ3) is 7.68. The van der Waals surface area contributed by atoms with Gasteiger partial charge in [0.05, 0.1) is 16.9 Å². The second kappa shape index (κ2) is 12.9. The summed E-state index contributed by atoms with van der Waals surface area (Å²) in [6.45, 7) is 0. The van der Waals surface area contributed by atoms with E-state index in [0.29, 0.717) is 17.8 Å². The fraction of sp³-hybridized carbons (Fsp3) is 0.160. The van der Waals surface area contributed by atoms with Crippen LogP contribution in [0, 0.1) is 0 Å². The van der Waals surface area contributed by atoms with Gasteiger partial charge in [-0.25, -0.2) is 4.98 Å². The van der Waals surface area contributed by atoms with E-state index in [1.165, 1.54) is 12.1 Å². The molecule has 0 saturated carbocycles. The molecule has 0 spiro atoms. The Morgan fingerprint density at radius 2 is 1.60 bits per heavy atom. The van der Waals surface area contributed by atoms with E-state index in [2.05, 4.69) is 25.8 Å². The third-order valence-electron chi connectivity index (χ3n) is 4.60. The van der Waals surface area contributed by atoms with Crippen molar-refractivity contribution in [3.05, 3.63) is 78.0 Å². The Kier molecular flexibility index (Phi) is 9.98. The first-order chi connectivity index (χ1) is 16.8. The summed E-state index contributed by atoms with van der Waals surface area (Å²) in [7, 11) is 3.25. The number of H-pyrrole nitrogens is 1. The van der Waals surface area contributed by atoms with Crippen molar-refractivity contribution in [3.8, 4) is 11.3 Å². The standard InChI is InChI=1S/C22H16F3N3O.C2H6O.CH3NO/c23-22(24,25)16-5-7-17(8-6-16)27-20-13-26-21-18(20)9-10-19(28-21)15-3-1-14(2-4-15)11-12-29;1-3-2;2-1-3/h1-10,12-13,27H,11H2,(H,26,28);1-2H3;1H,(H2,2,3). The van der Waals surface area contributed by atoms with Crippen molar-refractivity contribution in [1.29, 1.82) is 0 Å². The molecule has 0 unspecified atom stereocenters. The molecule has 2 aromatic heterocycles. The molecule has 10 heteroatoms. The lowest BCUT2D eigenvalue weighted by Gasteiger charge is -2.09. The number of alkyl halides is 3. The van der Waals surface area contributed by atoms with Gasteiger partial charge in [0.1, 0.15) is 11.9 Å². The molecule has 0 aliphatic heterocycles. The Labute approximate surface area is 200 Å². The number of hydrogen-bond donors (Lipinski definition) is 3. The van der Waals surface area contributed by atoms with Crippen molar-refractivity contribution in [1.82, 2.24) is 9.97 Å². The Balaban J connectivity index is 0.000000655. The number of aromatic amines is 1. The van der Waals surface area contributed by atoms with E-state index in [1.54, 1.807) is 20.4 Å². The normalized spacial score (nSPS) is 10.4. The highest BCUT2D eigenvalue weighted by Gasteiger charge is 2.29. The summed E-state index contributed by atoms with van der Waals surface area (Å²) in [6, 6.07) is 16.3. The molecule has 35 heavy (non-hydrogen) atoms. The van der Waals surface area contributed by atoms with Gasteiger partial charge in [-0.2, -0.15) is 13.2 Å². The van der Waals surface area contributed by atoms with E-state index < -0.39 is 11.7 Å². The fourth-order valence-corrected chi connectivity index (χ4v) is 3.07. The van der Waals surface area contributed by atoms with Crippen LogP contribution in [0.25, 0.3) is 22.3 Å². The van der Waals surface area contributed by atoms with Gasteiger partial charge < -0.3 is 25.6 Å². The van der Waals surface area contributed by atoms with E-state index in [0.717, 1.165) is 46.3 Å². The molecule has 7 nitrogen and oxygen atoms in total. The zero-order valence-corrected chi connectivity index (χ0v) is 19.1. The second-order valence-corrected chi connectivity index (χ2v) is 7.11. The van der Waals surface area contributed by atoms with Crippen LogP contribution in [0.2, 0.25) is 0 Å². The first kappa shape index (κ1) is 27.1. The SMILES string of the molecule is COC.NC=O.O=CCc1ccc(-c2ccc3c(Nc4ccc(C(F)(F)F)cc4)c[nH]c3n2)cc1. The Morgan fingerprint density at radius 1 is 1.00 bits per heavy atom. The number of amides is 1. The summed E-state index contributed by atoms with van der Waals surface area (Å²) in [5.41, 5.74) is 8.05. The number of ether oxygens (including phenoxy) is 1. The highest BCUT2D eigenvalue weighted by molar-refractivity contribution is 5.93. The molecule has 184 valence electrons. The van der Waals surface area contributed by atoms with Gasteiger partial charge in [-0.3, -0.25) is 4.79 Å². The lowest BCUT2D eigenvalue weighted by Crippen LogP contribution is -2.04. The van der Waals surface area contributed by atoms with E-state index in [-0.39, 0.29) is 6.41 Å². The number of carbonyl (C=O) groups excluding carboxylic acids is 2. The molecular weight excluding hydrogens is 461 g/mol. The zero-order valence-electron chi connectivity index (χ0n) is 19.1. The van der Waals surface area contributed by atoms with E-state index in [4.69, 9.17) is 4.79 Å². The van der Waals surface area contributed by atoms with Gasteiger partial charge >= 0.3 is 6.18 Å². The highest BCUT2D eigenvalue weighted by atomic mass is 19.4. The quantitative estimate of drug-likeness (QED) is 0.340. The number of nitrogens with one attached hydrogen (secondary N) is 2. The number of aldehydes is 1. The van der Waals surface area contributed by atoms with Crippen LogP contribution in [0.3, 0.4) is 0 Å². The summed E-state index contributed by atoms with van der Waals surface area (Å²) in [6.07, 6.45) is -1.14. The van der Waals surface area contributed by atoms with E-state index in [9.17, 15) is 18.0 Å². The number of fused-ring (bicyclic) bond motifs is 1. The topological polar surface area (TPSA) is 110 Å². The smallest absolute Gasteiger partial charge is 0.388 e. The number of rotatable bonds is 5. The van der Waals surface area contributed by atoms with Gasteiger partial charge in [-0.05, 0) is 42.0 Å². The number of aromatic nitrogens is 2. The molecule has 2 heterocycles. The summed E-state index contributed by atoms with van der Waals surface area (Å²) in [4.78, 5) is 26.9. The van der Waals surface area contributed by atoms with Crippen molar-refractivity contribution in [2.75, 3.05) is 19.5 Å². The number of hydrogen-bond acceptors (Lipinski definition) is 5. The zero-order chi connectivity index (χ0) is 25.8. The van der Waals surface area contributed by atoms with Gasteiger partial charge in [-0.1, -0.05) is 24.3 Å². The number of halogens is 3. The van der Waals surface area contributed by atoms with Crippen molar-refractivity contribution >= 4 is 35.1 Å². The molecule has 0 aliphatic rings. The monoisotopic (exact) mass is 486 g/mol. The minimum absolute atomic E-state index is 0.250. The van der Waals surface area contributed by atoms with Gasteiger partial charge in [-0.15, -0.1) is 0 Å². The van der Waals surface area contributed by atoms with E-state index >= 15 is 0 Å². The van der Waals surface area contributed by atoms with Crippen LogP contribution in [0.15, 0.2) is 66.9 Å². The lowest BCUT2D eigenvalue weighted by atomic mass is 10.1. The molecular formula is C25H25F3N4O3. The molecule has 0 atom stereocenters. The van der Waals surface area contributed by atoms with E-state index in [1.807, 2.05) is 36.4 Å².